The Balaban J connectivity index is 1.60. The van der Waals surface area contributed by atoms with Gasteiger partial charge in [-0.25, -0.2) is 0 Å². The fourth-order valence-electron chi connectivity index (χ4n) is 4.31. The summed E-state index contributed by atoms with van der Waals surface area (Å²) in [6, 6.07) is 8.39. The van der Waals surface area contributed by atoms with Gasteiger partial charge in [0.2, 0.25) is 5.82 Å². The molecule has 7 heteroatoms. The second-order valence-electron chi connectivity index (χ2n) is 7.90. The summed E-state index contributed by atoms with van der Waals surface area (Å²) >= 11 is 0. The highest BCUT2D eigenvalue weighted by atomic mass is 16.5. The van der Waals surface area contributed by atoms with E-state index in [1.54, 1.807) is 0 Å². The molecule has 2 aromatic heterocycles. The molecule has 1 aromatic carbocycles. The normalized spacial score (nSPS) is 16.7. The molecule has 3 heterocycles. The van der Waals surface area contributed by atoms with Crippen LogP contribution in [0, 0.1) is 0 Å². The third-order valence-electron chi connectivity index (χ3n) is 5.84. The van der Waals surface area contributed by atoms with Crippen LogP contribution in [0.25, 0.3) is 22.3 Å². The molecule has 1 aliphatic rings. The first kappa shape index (κ1) is 19.5. The van der Waals surface area contributed by atoms with Gasteiger partial charge in [-0.3, -0.25) is 16.0 Å². The number of nitrogens with two attached hydrogens (primary N) is 2. The maximum atomic E-state index is 5.83. The fourth-order valence-corrected chi connectivity index (χ4v) is 4.31. The first-order valence-corrected chi connectivity index (χ1v) is 10.8. The van der Waals surface area contributed by atoms with E-state index in [1.165, 1.54) is 37.6 Å². The first-order valence-electron chi connectivity index (χ1n) is 10.8. The molecule has 0 saturated carbocycles. The van der Waals surface area contributed by atoms with Crippen LogP contribution in [0.3, 0.4) is 0 Å². The standard InChI is InChI=1S/C22H30N6O/c1-2-3-4-5-8-13-27-15-17(16-10-6-7-11-18(16)27)20-25-21(29-26-20)19-12-9-14-28(19)22(23)24/h6-7,10-11,15,19H,2-5,8-9,12-14H2,1H3,(H3,23,24)/p+1/t19-/m0/s1. The van der Waals surface area contributed by atoms with Gasteiger partial charge in [0.1, 0.15) is 0 Å². The van der Waals surface area contributed by atoms with Crippen LogP contribution in [0.15, 0.2) is 35.0 Å². The molecule has 4 rings (SSSR count). The van der Waals surface area contributed by atoms with Gasteiger partial charge >= 0.3 is 5.96 Å². The number of guanidine groups is 1. The molecule has 3 aromatic rings. The van der Waals surface area contributed by atoms with Gasteiger partial charge in [0.05, 0.1) is 6.54 Å². The number of aryl methyl sites for hydroxylation is 1. The molecule has 1 aliphatic heterocycles. The van der Waals surface area contributed by atoms with Gasteiger partial charge in [-0.15, -0.1) is 0 Å². The summed E-state index contributed by atoms with van der Waals surface area (Å²) < 4.78 is 9.89. The summed E-state index contributed by atoms with van der Waals surface area (Å²) in [5.41, 5.74) is 13.9. The zero-order valence-corrected chi connectivity index (χ0v) is 17.2. The lowest BCUT2D eigenvalue weighted by Gasteiger charge is -2.06. The molecule has 4 N–H and O–H groups in total. The van der Waals surface area contributed by atoms with Crippen LogP contribution in [0.5, 0.6) is 0 Å². The topological polar surface area (TPSA) is 98.9 Å². The van der Waals surface area contributed by atoms with Crippen LogP contribution in [0.1, 0.15) is 63.8 Å². The van der Waals surface area contributed by atoms with E-state index >= 15 is 0 Å². The van der Waals surface area contributed by atoms with Crippen LogP contribution in [-0.2, 0) is 6.54 Å². The third-order valence-corrected chi connectivity index (χ3v) is 5.84. The number of para-hydroxylation sites is 1. The molecule has 7 nitrogen and oxygen atoms in total. The Kier molecular flexibility index (Phi) is 5.83. The number of unbranched alkanes of at least 4 members (excludes halogenated alkanes) is 4. The molecule has 1 fully saturated rings. The Hall–Kier alpha value is -2.83. The van der Waals surface area contributed by atoms with Crippen LogP contribution in [-0.4, -0.2) is 31.8 Å². The monoisotopic (exact) mass is 395 g/mol. The summed E-state index contributed by atoms with van der Waals surface area (Å²) in [6.45, 7) is 4.07. The molecular weight excluding hydrogens is 364 g/mol. The van der Waals surface area contributed by atoms with E-state index in [2.05, 4.69) is 47.1 Å². The van der Waals surface area contributed by atoms with E-state index in [-0.39, 0.29) is 6.04 Å². The van der Waals surface area contributed by atoms with Crippen molar-refractivity contribution in [1.82, 2.24) is 14.7 Å². The van der Waals surface area contributed by atoms with Crippen molar-refractivity contribution in [1.29, 1.82) is 0 Å². The van der Waals surface area contributed by atoms with Crippen molar-refractivity contribution in [2.75, 3.05) is 6.54 Å². The molecule has 29 heavy (non-hydrogen) atoms. The third kappa shape index (κ3) is 3.99. The summed E-state index contributed by atoms with van der Waals surface area (Å²) in [4.78, 5) is 4.72. The van der Waals surface area contributed by atoms with Crippen molar-refractivity contribution < 1.29 is 9.10 Å². The van der Waals surface area contributed by atoms with Crippen molar-refractivity contribution in [2.45, 2.75) is 64.5 Å². The smallest absolute Gasteiger partial charge is 0.341 e. The molecule has 0 unspecified atom stereocenters. The lowest BCUT2D eigenvalue weighted by Crippen LogP contribution is -2.35. The van der Waals surface area contributed by atoms with E-state index in [9.17, 15) is 0 Å². The van der Waals surface area contributed by atoms with Gasteiger partial charge in [-0.1, -0.05) is 56.0 Å². The van der Waals surface area contributed by atoms with Gasteiger partial charge in [0.15, 0.2) is 6.04 Å². The summed E-state index contributed by atoms with van der Waals surface area (Å²) in [6.07, 6.45) is 10.4. The predicted molar refractivity (Wildman–Crippen MR) is 114 cm³/mol. The number of hydrogen-bond donors (Lipinski definition) is 2. The molecule has 1 atom stereocenters. The van der Waals surface area contributed by atoms with E-state index in [0.717, 1.165) is 36.9 Å². The number of hydrogen-bond acceptors (Lipinski definition) is 3. The Morgan fingerprint density at radius 1 is 1.21 bits per heavy atom. The maximum absolute atomic E-state index is 5.83. The molecule has 0 radical (unpaired) electrons. The minimum atomic E-state index is -0.0341. The highest BCUT2D eigenvalue weighted by molar-refractivity contribution is 5.94. The molecule has 0 aliphatic carbocycles. The summed E-state index contributed by atoms with van der Waals surface area (Å²) in [7, 11) is 0. The van der Waals surface area contributed by atoms with Crippen LogP contribution in [0.4, 0.5) is 0 Å². The van der Waals surface area contributed by atoms with E-state index in [4.69, 9.17) is 21.0 Å². The van der Waals surface area contributed by atoms with Crippen LogP contribution < -0.4 is 11.5 Å². The fraction of sp³-hybridized carbons (Fsp3) is 0.500. The van der Waals surface area contributed by atoms with Crippen molar-refractivity contribution in [3.8, 4) is 11.4 Å². The Labute approximate surface area is 171 Å². The summed E-state index contributed by atoms with van der Waals surface area (Å²) in [5, 5.41) is 5.45. The molecule has 0 amide bonds. The number of aromatic nitrogens is 3. The first-order chi connectivity index (χ1) is 14.2. The van der Waals surface area contributed by atoms with E-state index in [0.29, 0.717) is 17.7 Å². The molecular formula is C22H31N6O+. The molecule has 0 spiro atoms. The van der Waals surface area contributed by atoms with E-state index < -0.39 is 0 Å². The average molecular weight is 396 g/mol. The Bertz CT molecular complexity index is 998. The Morgan fingerprint density at radius 2 is 2.03 bits per heavy atom. The quantitative estimate of drug-likeness (QED) is 0.343. The Morgan fingerprint density at radius 3 is 2.86 bits per heavy atom. The maximum Gasteiger partial charge on any atom is 0.341 e. The van der Waals surface area contributed by atoms with Gasteiger partial charge in [0.25, 0.3) is 5.89 Å². The minimum absolute atomic E-state index is 0.0341. The lowest BCUT2D eigenvalue weighted by molar-refractivity contribution is -0.555. The molecule has 1 saturated heterocycles. The van der Waals surface area contributed by atoms with Crippen molar-refractivity contribution in [3.05, 3.63) is 36.4 Å². The van der Waals surface area contributed by atoms with Crippen LogP contribution >= 0.6 is 0 Å². The molecule has 0 bridgehead atoms. The van der Waals surface area contributed by atoms with Crippen molar-refractivity contribution >= 4 is 16.9 Å². The zero-order chi connectivity index (χ0) is 20.2. The van der Waals surface area contributed by atoms with Gasteiger partial charge < -0.3 is 9.09 Å². The minimum Gasteiger partial charge on any atom is -0.347 e. The number of fused-ring (bicyclic) bond motifs is 1. The van der Waals surface area contributed by atoms with Gasteiger partial charge in [-0.2, -0.15) is 4.98 Å². The van der Waals surface area contributed by atoms with E-state index in [1.807, 2.05) is 4.58 Å². The average Bonchev–Trinajstić information content (AvgIpc) is 3.45. The van der Waals surface area contributed by atoms with Gasteiger partial charge in [-0.05, 0) is 25.3 Å². The highest BCUT2D eigenvalue weighted by Gasteiger charge is 2.31. The van der Waals surface area contributed by atoms with Crippen LogP contribution in [0.2, 0.25) is 0 Å². The SMILES string of the molecule is CCCCCCCn1cc(-c2noc([C@@H]3CCC[N+]3=C(N)N)n2)c2ccccc21. The summed E-state index contributed by atoms with van der Waals surface area (Å²) in [5.74, 6) is 1.53. The van der Waals surface area contributed by atoms with Gasteiger partial charge in [0, 0.05) is 29.2 Å². The lowest BCUT2D eigenvalue weighted by atomic mass is 10.1. The molecule has 154 valence electrons. The van der Waals surface area contributed by atoms with Crippen molar-refractivity contribution in [3.63, 3.8) is 0 Å². The second kappa shape index (κ2) is 8.68. The predicted octanol–water partition coefficient (Wildman–Crippen LogP) is 3.78. The van der Waals surface area contributed by atoms with Crippen molar-refractivity contribution in [2.24, 2.45) is 11.5 Å². The number of rotatable bonds is 8. The second-order valence-corrected chi connectivity index (χ2v) is 7.90. The number of benzene rings is 1. The number of nitrogens with zero attached hydrogens (tertiary/aromatic N) is 4. The largest absolute Gasteiger partial charge is 0.347 e. The zero-order valence-electron chi connectivity index (χ0n) is 17.2. The highest BCUT2D eigenvalue weighted by Crippen LogP contribution is 2.32.